The lowest BCUT2D eigenvalue weighted by Gasteiger charge is -2.22. The van der Waals surface area contributed by atoms with Crippen molar-refractivity contribution < 1.29 is 19.2 Å². The molecule has 0 bridgehead atoms. The fraction of sp³-hybridized carbons (Fsp3) is 0.316. The minimum atomic E-state index is -1.20. The minimum absolute atomic E-state index is 0.147. The number of thiazole rings is 1. The molecule has 10 heteroatoms. The van der Waals surface area contributed by atoms with Crippen molar-refractivity contribution in [2.75, 3.05) is 6.54 Å². The molecular weight excluding hydrogens is 394 g/mol. The van der Waals surface area contributed by atoms with Crippen LogP contribution in [0.25, 0.3) is 0 Å². The van der Waals surface area contributed by atoms with Crippen LogP contribution in [0.5, 0.6) is 0 Å². The standard InChI is InChI=1S/C19H21N5O4S/c1-12(25)20-9-16-22-14(11-29-16)8-21-15(26)10-24-17(27)19(2,23-18(24)28)13-6-4-3-5-7-13/h3-7,11H,8-10H2,1-2H3,(H,20,25)(H,21,26)(H,23,28). The van der Waals surface area contributed by atoms with Gasteiger partial charge in [-0.25, -0.2) is 9.78 Å². The van der Waals surface area contributed by atoms with Gasteiger partial charge in [-0.3, -0.25) is 19.3 Å². The van der Waals surface area contributed by atoms with Gasteiger partial charge < -0.3 is 16.0 Å². The molecule has 1 fully saturated rings. The molecule has 5 amide bonds. The molecule has 1 unspecified atom stereocenters. The summed E-state index contributed by atoms with van der Waals surface area (Å²) in [6, 6.07) is 8.28. The minimum Gasteiger partial charge on any atom is -0.350 e. The number of aromatic nitrogens is 1. The highest BCUT2D eigenvalue weighted by Gasteiger charge is 2.49. The van der Waals surface area contributed by atoms with Crippen LogP contribution in [0.2, 0.25) is 0 Å². The summed E-state index contributed by atoms with van der Waals surface area (Å²) in [6.45, 7) is 3.15. The van der Waals surface area contributed by atoms with E-state index in [4.69, 9.17) is 0 Å². The molecule has 1 aliphatic rings. The molecule has 29 heavy (non-hydrogen) atoms. The summed E-state index contributed by atoms with van der Waals surface area (Å²) in [4.78, 5) is 53.5. The summed E-state index contributed by atoms with van der Waals surface area (Å²) < 4.78 is 0. The molecule has 3 N–H and O–H groups in total. The molecular formula is C19H21N5O4S. The van der Waals surface area contributed by atoms with Gasteiger partial charge in [0.25, 0.3) is 5.91 Å². The number of nitrogens with one attached hydrogen (secondary N) is 3. The number of amides is 5. The lowest BCUT2D eigenvalue weighted by molar-refractivity contribution is -0.134. The number of hydrogen-bond acceptors (Lipinski definition) is 6. The Bertz CT molecular complexity index is 945. The van der Waals surface area contributed by atoms with E-state index in [-0.39, 0.29) is 19.0 Å². The molecule has 1 aliphatic heterocycles. The first-order chi connectivity index (χ1) is 13.8. The number of urea groups is 1. The predicted octanol–water partition coefficient (Wildman–Crippen LogP) is 0.863. The average Bonchev–Trinajstić information content (AvgIpc) is 3.24. The second-order valence-corrected chi connectivity index (χ2v) is 7.67. The molecule has 1 aromatic heterocycles. The van der Waals surface area contributed by atoms with Crippen LogP contribution >= 0.6 is 11.3 Å². The average molecular weight is 415 g/mol. The first-order valence-electron chi connectivity index (χ1n) is 8.93. The largest absolute Gasteiger partial charge is 0.350 e. The molecule has 9 nitrogen and oxygen atoms in total. The van der Waals surface area contributed by atoms with Crippen molar-refractivity contribution in [2.24, 2.45) is 0 Å². The van der Waals surface area contributed by atoms with Gasteiger partial charge in [-0.15, -0.1) is 11.3 Å². The van der Waals surface area contributed by atoms with E-state index in [0.717, 1.165) is 9.91 Å². The Balaban J connectivity index is 1.56. The Hall–Kier alpha value is -3.27. The summed E-state index contributed by atoms with van der Waals surface area (Å²) in [5, 5.41) is 10.5. The fourth-order valence-corrected chi connectivity index (χ4v) is 3.64. The molecule has 3 rings (SSSR count). The zero-order valence-electron chi connectivity index (χ0n) is 16.0. The Morgan fingerprint density at radius 2 is 1.90 bits per heavy atom. The second kappa shape index (κ2) is 8.39. The van der Waals surface area contributed by atoms with Gasteiger partial charge in [-0.05, 0) is 12.5 Å². The summed E-state index contributed by atoms with van der Waals surface area (Å²) in [7, 11) is 0. The van der Waals surface area contributed by atoms with Crippen molar-refractivity contribution in [2.45, 2.75) is 32.5 Å². The van der Waals surface area contributed by atoms with Gasteiger partial charge in [0, 0.05) is 12.3 Å². The van der Waals surface area contributed by atoms with Crippen LogP contribution in [0.4, 0.5) is 4.79 Å². The third-order valence-electron chi connectivity index (χ3n) is 4.48. The Labute approximate surface area is 171 Å². The molecule has 0 radical (unpaired) electrons. The molecule has 2 aromatic rings. The summed E-state index contributed by atoms with van der Waals surface area (Å²) in [5.74, 6) is -1.09. The third-order valence-corrected chi connectivity index (χ3v) is 5.38. The van der Waals surface area contributed by atoms with E-state index in [1.54, 1.807) is 36.6 Å². The monoisotopic (exact) mass is 415 g/mol. The van der Waals surface area contributed by atoms with Gasteiger partial charge in [0.2, 0.25) is 11.8 Å². The summed E-state index contributed by atoms with van der Waals surface area (Å²) in [5.41, 5.74) is 0.0806. The van der Waals surface area contributed by atoms with Gasteiger partial charge in [-0.2, -0.15) is 0 Å². The first-order valence-corrected chi connectivity index (χ1v) is 9.81. The topological polar surface area (TPSA) is 120 Å². The number of carbonyl (C=O) groups is 4. The van der Waals surface area contributed by atoms with Crippen LogP contribution in [0.3, 0.4) is 0 Å². The SMILES string of the molecule is CC(=O)NCc1nc(CNC(=O)CN2C(=O)NC(C)(c3ccccc3)C2=O)cs1. The van der Waals surface area contributed by atoms with Crippen LogP contribution < -0.4 is 16.0 Å². The van der Waals surface area contributed by atoms with Gasteiger partial charge in [-0.1, -0.05) is 30.3 Å². The molecule has 2 heterocycles. The number of carbonyl (C=O) groups excluding carboxylic acids is 4. The highest BCUT2D eigenvalue weighted by molar-refractivity contribution is 7.09. The van der Waals surface area contributed by atoms with E-state index in [1.165, 1.54) is 18.3 Å². The maximum Gasteiger partial charge on any atom is 0.325 e. The number of imide groups is 1. The molecule has 0 aliphatic carbocycles. The van der Waals surface area contributed by atoms with E-state index in [1.807, 2.05) is 6.07 Å². The van der Waals surface area contributed by atoms with E-state index in [9.17, 15) is 19.2 Å². The normalized spacial score (nSPS) is 18.5. The van der Waals surface area contributed by atoms with Crippen molar-refractivity contribution in [1.82, 2.24) is 25.8 Å². The van der Waals surface area contributed by atoms with Gasteiger partial charge >= 0.3 is 6.03 Å². The summed E-state index contributed by atoms with van der Waals surface area (Å²) in [6.07, 6.45) is 0. The molecule has 0 spiro atoms. The molecule has 1 aromatic carbocycles. The zero-order valence-corrected chi connectivity index (χ0v) is 16.8. The van der Waals surface area contributed by atoms with Gasteiger partial charge in [0.1, 0.15) is 17.1 Å². The second-order valence-electron chi connectivity index (χ2n) is 6.73. The number of nitrogens with zero attached hydrogens (tertiary/aromatic N) is 2. The molecule has 1 saturated heterocycles. The highest BCUT2D eigenvalue weighted by atomic mass is 32.1. The van der Waals surface area contributed by atoms with Crippen molar-refractivity contribution in [1.29, 1.82) is 0 Å². The smallest absolute Gasteiger partial charge is 0.325 e. The summed E-state index contributed by atoms with van der Waals surface area (Å²) >= 11 is 1.37. The predicted molar refractivity (Wildman–Crippen MR) is 106 cm³/mol. The van der Waals surface area contributed by atoms with Crippen LogP contribution in [-0.2, 0) is 33.0 Å². The molecule has 1 atom stereocenters. The van der Waals surface area contributed by atoms with E-state index in [2.05, 4.69) is 20.9 Å². The third kappa shape index (κ3) is 4.60. The van der Waals surface area contributed by atoms with Crippen molar-refractivity contribution in [3.8, 4) is 0 Å². The Morgan fingerprint density at radius 3 is 2.59 bits per heavy atom. The maximum absolute atomic E-state index is 12.8. The fourth-order valence-electron chi connectivity index (χ4n) is 2.91. The van der Waals surface area contributed by atoms with Gasteiger partial charge in [0.05, 0.1) is 18.8 Å². The molecule has 0 saturated carbocycles. The van der Waals surface area contributed by atoms with E-state index < -0.39 is 23.4 Å². The van der Waals surface area contributed by atoms with Crippen LogP contribution in [0.1, 0.15) is 30.1 Å². The lowest BCUT2D eigenvalue weighted by Crippen LogP contribution is -2.43. The number of hydrogen-bond donors (Lipinski definition) is 3. The zero-order chi connectivity index (χ0) is 21.0. The number of benzene rings is 1. The van der Waals surface area contributed by atoms with Crippen molar-refractivity contribution in [3.63, 3.8) is 0 Å². The van der Waals surface area contributed by atoms with E-state index in [0.29, 0.717) is 17.8 Å². The van der Waals surface area contributed by atoms with Crippen molar-refractivity contribution >= 4 is 35.1 Å². The van der Waals surface area contributed by atoms with E-state index >= 15 is 0 Å². The van der Waals surface area contributed by atoms with Crippen LogP contribution in [0.15, 0.2) is 35.7 Å². The number of rotatable bonds is 7. The quantitative estimate of drug-likeness (QED) is 0.580. The first kappa shape index (κ1) is 20.5. The lowest BCUT2D eigenvalue weighted by atomic mass is 9.92. The molecule has 152 valence electrons. The Kier molecular flexibility index (Phi) is 5.92. The maximum atomic E-state index is 12.8. The highest BCUT2D eigenvalue weighted by Crippen LogP contribution is 2.28. The Morgan fingerprint density at radius 1 is 1.17 bits per heavy atom. The van der Waals surface area contributed by atoms with Crippen LogP contribution in [-0.4, -0.2) is 40.2 Å². The van der Waals surface area contributed by atoms with Crippen LogP contribution in [0, 0.1) is 0 Å². The van der Waals surface area contributed by atoms with Gasteiger partial charge in [0.15, 0.2) is 0 Å². The van der Waals surface area contributed by atoms with Crippen molar-refractivity contribution in [3.05, 3.63) is 52.0 Å².